The molecule has 2 aromatic carbocycles. The van der Waals surface area contributed by atoms with Crippen molar-refractivity contribution >= 4 is 27.5 Å². The van der Waals surface area contributed by atoms with Gasteiger partial charge in [0.1, 0.15) is 12.4 Å². The molecule has 0 saturated carbocycles. The zero-order valence-corrected chi connectivity index (χ0v) is 12.7. The predicted octanol–water partition coefficient (Wildman–Crippen LogP) is 5.30. The predicted molar refractivity (Wildman–Crippen MR) is 79.4 cm³/mol. The zero-order valence-electron chi connectivity index (χ0n) is 10.3. The lowest BCUT2D eigenvalue weighted by Gasteiger charge is -2.11. The lowest BCUT2D eigenvalue weighted by Crippen LogP contribution is -1.98. The van der Waals surface area contributed by atoms with Crippen molar-refractivity contribution in [3.05, 3.63) is 62.6 Å². The van der Waals surface area contributed by atoms with Crippen molar-refractivity contribution in [2.45, 2.75) is 20.5 Å². The lowest BCUT2D eigenvalue weighted by molar-refractivity contribution is 0.304. The van der Waals surface area contributed by atoms with Crippen molar-refractivity contribution in [1.29, 1.82) is 0 Å². The standard InChI is InChI=1S/C15H14BrClO/c1-10-3-6-15(11(2)7-10)18-9-12-4-5-13(16)8-14(12)17/h3-8H,9H2,1-2H3. The van der Waals surface area contributed by atoms with E-state index >= 15 is 0 Å². The Kier molecular flexibility index (Phi) is 4.31. The minimum Gasteiger partial charge on any atom is -0.489 e. The molecule has 0 bridgehead atoms. The van der Waals surface area contributed by atoms with E-state index in [0.717, 1.165) is 21.3 Å². The van der Waals surface area contributed by atoms with Crippen LogP contribution in [-0.4, -0.2) is 0 Å². The van der Waals surface area contributed by atoms with Crippen molar-refractivity contribution in [2.75, 3.05) is 0 Å². The fraction of sp³-hybridized carbons (Fsp3) is 0.200. The third-order valence-electron chi connectivity index (χ3n) is 2.73. The quantitative estimate of drug-likeness (QED) is 0.744. The van der Waals surface area contributed by atoms with Crippen LogP contribution in [0.4, 0.5) is 0 Å². The maximum absolute atomic E-state index is 6.15. The van der Waals surface area contributed by atoms with E-state index in [1.54, 1.807) is 0 Å². The molecular formula is C15H14BrClO. The maximum atomic E-state index is 6.15. The fourth-order valence-electron chi connectivity index (χ4n) is 1.76. The van der Waals surface area contributed by atoms with Crippen LogP contribution in [0.2, 0.25) is 5.02 Å². The molecule has 0 saturated heterocycles. The number of ether oxygens (including phenoxy) is 1. The maximum Gasteiger partial charge on any atom is 0.122 e. The molecule has 0 heterocycles. The molecule has 0 fully saturated rings. The Balaban J connectivity index is 2.11. The van der Waals surface area contributed by atoms with Gasteiger partial charge in [0.25, 0.3) is 0 Å². The molecule has 0 aliphatic rings. The van der Waals surface area contributed by atoms with Gasteiger partial charge in [-0.25, -0.2) is 0 Å². The number of hydrogen-bond acceptors (Lipinski definition) is 1. The van der Waals surface area contributed by atoms with E-state index in [9.17, 15) is 0 Å². The third kappa shape index (κ3) is 3.27. The SMILES string of the molecule is Cc1ccc(OCc2ccc(Br)cc2Cl)c(C)c1. The highest BCUT2D eigenvalue weighted by Gasteiger charge is 2.04. The number of halogens is 2. The van der Waals surface area contributed by atoms with Crippen LogP contribution in [0.3, 0.4) is 0 Å². The Morgan fingerprint density at radius 3 is 2.56 bits per heavy atom. The third-order valence-corrected chi connectivity index (χ3v) is 3.57. The van der Waals surface area contributed by atoms with Crippen molar-refractivity contribution < 1.29 is 4.74 Å². The topological polar surface area (TPSA) is 9.23 Å². The summed E-state index contributed by atoms with van der Waals surface area (Å²) in [7, 11) is 0. The van der Waals surface area contributed by atoms with Gasteiger partial charge in [-0.15, -0.1) is 0 Å². The Labute approximate surface area is 121 Å². The summed E-state index contributed by atoms with van der Waals surface area (Å²) in [6, 6.07) is 12.0. The lowest BCUT2D eigenvalue weighted by atomic mass is 10.1. The van der Waals surface area contributed by atoms with E-state index in [0.29, 0.717) is 11.6 Å². The average Bonchev–Trinajstić information content (AvgIpc) is 2.30. The smallest absolute Gasteiger partial charge is 0.122 e. The molecule has 0 amide bonds. The molecule has 0 atom stereocenters. The highest BCUT2D eigenvalue weighted by atomic mass is 79.9. The number of rotatable bonds is 3. The molecular weight excluding hydrogens is 312 g/mol. The van der Waals surface area contributed by atoms with Gasteiger partial charge in [-0.1, -0.05) is 51.3 Å². The van der Waals surface area contributed by atoms with Crippen LogP contribution < -0.4 is 4.74 Å². The minimum absolute atomic E-state index is 0.482. The molecule has 0 unspecified atom stereocenters. The molecule has 0 spiro atoms. The summed E-state index contributed by atoms with van der Waals surface area (Å²) >= 11 is 9.54. The molecule has 1 nitrogen and oxygen atoms in total. The second-order valence-electron chi connectivity index (χ2n) is 4.29. The van der Waals surface area contributed by atoms with Crippen LogP contribution in [0, 0.1) is 13.8 Å². The molecule has 3 heteroatoms. The summed E-state index contributed by atoms with van der Waals surface area (Å²) in [5.74, 6) is 0.902. The number of hydrogen-bond donors (Lipinski definition) is 0. The number of aryl methyl sites for hydroxylation is 2. The minimum atomic E-state index is 0.482. The van der Waals surface area contributed by atoms with Crippen LogP contribution >= 0.6 is 27.5 Å². The van der Waals surface area contributed by atoms with Gasteiger partial charge >= 0.3 is 0 Å². The molecule has 0 aliphatic heterocycles. The largest absolute Gasteiger partial charge is 0.489 e. The van der Waals surface area contributed by atoms with E-state index in [1.807, 2.05) is 37.3 Å². The Hall–Kier alpha value is -0.990. The van der Waals surface area contributed by atoms with Gasteiger partial charge in [0.05, 0.1) is 0 Å². The Bertz CT molecular complexity index is 515. The highest BCUT2D eigenvalue weighted by molar-refractivity contribution is 9.10. The monoisotopic (exact) mass is 324 g/mol. The van der Waals surface area contributed by atoms with E-state index < -0.39 is 0 Å². The van der Waals surface area contributed by atoms with Gasteiger partial charge in [-0.05, 0) is 37.6 Å². The molecule has 0 aliphatic carbocycles. The van der Waals surface area contributed by atoms with Crippen molar-refractivity contribution in [1.82, 2.24) is 0 Å². The second kappa shape index (κ2) is 5.77. The van der Waals surface area contributed by atoms with E-state index in [4.69, 9.17) is 16.3 Å². The normalized spacial score (nSPS) is 10.4. The summed E-state index contributed by atoms with van der Waals surface area (Å²) in [6.07, 6.45) is 0. The molecule has 0 N–H and O–H groups in total. The summed E-state index contributed by atoms with van der Waals surface area (Å²) in [5.41, 5.74) is 3.37. The van der Waals surface area contributed by atoms with Crippen LogP contribution in [-0.2, 0) is 6.61 Å². The molecule has 18 heavy (non-hydrogen) atoms. The van der Waals surface area contributed by atoms with Gasteiger partial charge in [0.2, 0.25) is 0 Å². The first-order chi connectivity index (χ1) is 8.56. The van der Waals surface area contributed by atoms with Crippen LogP contribution in [0.15, 0.2) is 40.9 Å². The zero-order chi connectivity index (χ0) is 13.1. The van der Waals surface area contributed by atoms with Crippen LogP contribution in [0.25, 0.3) is 0 Å². The molecule has 2 aromatic rings. The molecule has 2 rings (SSSR count). The van der Waals surface area contributed by atoms with E-state index in [-0.39, 0.29) is 0 Å². The summed E-state index contributed by atoms with van der Waals surface area (Å²) in [5, 5.41) is 0.717. The highest BCUT2D eigenvalue weighted by Crippen LogP contribution is 2.24. The van der Waals surface area contributed by atoms with Crippen LogP contribution in [0.5, 0.6) is 5.75 Å². The van der Waals surface area contributed by atoms with Crippen molar-refractivity contribution in [3.8, 4) is 5.75 Å². The first-order valence-corrected chi connectivity index (χ1v) is 6.87. The first-order valence-electron chi connectivity index (χ1n) is 5.70. The van der Waals surface area contributed by atoms with Gasteiger partial charge in [-0.3, -0.25) is 0 Å². The van der Waals surface area contributed by atoms with Crippen molar-refractivity contribution in [3.63, 3.8) is 0 Å². The van der Waals surface area contributed by atoms with Gasteiger partial charge < -0.3 is 4.74 Å². The van der Waals surface area contributed by atoms with E-state index in [2.05, 4.69) is 28.9 Å². The van der Waals surface area contributed by atoms with Crippen molar-refractivity contribution in [2.24, 2.45) is 0 Å². The molecule has 0 aromatic heterocycles. The van der Waals surface area contributed by atoms with Gasteiger partial charge in [0.15, 0.2) is 0 Å². The number of benzene rings is 2. The van der Waals surface area contributed by atoms with Crippen LogP contribution in [0.1, 0.15) is 16.7 Å². The first kappa shape index (κ1) is 13.4. The Morgan fingerprint density at radius 1 is 1.11 bits per heavy atom. The average molecular weight is 326 g/mol. The second-order valence-corrected chi connectivity index (χ2v) is 5.62. The van der Waals surface area contributed by atoms with Gasteiger partial charge in [-0.2, -0.15) is 0 Å². The molecule has 0 radical (unpaired) electrons. The summed E-state index contributed by atoms with van der Waals surface area (Å²) < 4.78 is 6.77. The summed E-state index contributed by atoms with van der Waals surface area (Å²) in [6.45, 7) is 4.60. The van der Waals surface area contributed by atoms with Gasteiger partial charge in [0, 0.05) is 15.1 Å². The fourth-order valence-corrected chi connectivity index (χ4v) is 2.48. The summed E-state index contributed by atoms with van der Waals surface area (Å²) in [4.78, 5) is 0. The van der Waals surface area contributed by atoms with E-state index in [1.165, 1.54) is 5.56 Å². The molecule has 94 valence electrons. The Morgan fingerprint density at radius 2 is 1.89 bits per heavy atom.